The minimum absolute atomic E-state index is 0.188. The fourth-order valence-electron chi connectivity index (χ4n) is 0.999. The second-order valence-corrected chi connectivity index (χ2v) is 2.95. The molecule has 0 radical (unpaired) electrons. The van der Waals surface area contributed by atoms with E-state index < -0.39 is 0 Å². The number of nitrogens with zero attached hydrogens (tertiary/aromatic N) is 1. The highest BCUT2D eigenvalue weighted by Crippen LogP contribution is 2.02. The summed E-state index contributed by atoms with van der Waals surface area (Å²) in [4.78, 5) is 5.25. The number of aromatic amines is 1. The van der Waals surface area contributed by atoms with E-state index in [-0.39, 0.29) is 6.04 Å². The van der Waals surface area contributed by atoms with E-state index in [1.54, 1.807) is 0 Å². The molecule has 64 valence electrons. The quantitative estimate of drug-likeness (QED) is 0.667. The molecule has 0 aliphatic carbocycles. The van der Waals surface area contributed by atoms with Crippen LogP contribution in [0, 0.1) is 12.3 Å². The lowest BCUT2D eigenvalue weighted by molar-refractivity contribution is 0.293. The maximum Gasteiger partial charge on any atom is 0.0684 e. The van der Waals surface area contributed by atoms with Crippen molar-refractivity contribution in [1.82, 2.24) is 9.88 Å². The van der Waals surface area contributed by atoms with Crippen molar-refractivity contribution >= 4 is 0 Å². The molecule has 1 N–H and O–H groups in total. The van der Waals surface area contributed by atoms with Crippen LogP contribution in [-0.4, -0.2) is 23.0 Å². The summed E-state index contributed by atoms with van der Waals surface area (Å²) in [6.45, 7) is 2.89. The molecular weight excluding hydrogens is 148 g/mol. The van der Waals surface area contributed by atoms with Gasteiger partial charge in [0.2, 0.25) is 0 Å². The molecular formula is C10H14N2. The fraction of sp³-hybridized carbons (Fsp3) is 0.400. The number of nitrogens with one attached hydrogen (secondary N) is 1. The molecule has 1 aromatic rings. The molecule has 1 unspecified atom stereocenters. The molecule has 1 rings (SSSR count). The van der Waals surface area contributed by atoms with Crippen LogP contribution in [0.15, 0.2) is 18.3 Å². The van der Waals surface area contributed by atoms with Gasteiger partial charge < -0.3 is 4.98 Å². The van der Waals surface area contributed by atoms with Crippen molar-refractivity contribution in [3.8, 4) is 12.3 Å². The number of aromatic nitrogens is 1. The fourth-order valence-corrected chi connectivity index (χ4v) is 0.999. The van der Waals surface area contributed by atoms with Gasteiger partial charge in [0.25, 0.3) is 0 Å². The highest BCUT2D eigenvalue weighted by Gasteiger charge is 2.05. The number of rotatable bonds is 3. The number of hydrogen-bond donors (Lipinski definition) is 1. The van der Waals surface area contributed by atoms with Gasteiger partial charge in [-0.2, -0.15) is 0 Å². The minimum atomic E-state index is 0.188. The first-order valence-electron chi connectivity index (χ1n) is 4.02. The van der Waals surface area contributed by atoms with Gasteiger partial charge in [0.1, 0.15) is 0 Å². The van der Waals surface area contributed by atoms with Crippen molar-refractivity contribution in [2.45, 2.75) is 19.5 Å². The molecule has 0 amide bonds. The molecule has 0 spiro atoms. The summed E-state index contributed by atoms with van der Waals surface area (Å²) in [6, 6.07) is 4.23. The Hall–Kier alpha value is -1.20. The summed E-state index contributed by atoms with van der Waals surface area (Å²) in [7, 11) is 2.02. The van der Waals surface area contributed by atoms with Crippen LogP contribution in [0.1, 0.15) is 12.6 Å². The Labute approximate surface area is 73.6 Å². The Morgan fingerprint density at radius 2 is 2.50 bits per heavy atom. The molecule has 0 aliphatic heterocycles. The van der Waals surface area contributed by atoms with Gasteiger partial charge in [0.05, 0.1) is 6.04 Å². The lowest BCUT2D eigenvalue weighted by Crippen LogP contribution is -2.27. The third-order valence-electron chi connectivity index (χ3n) is 1.98. The van der Waals surface area contributed by atoms with Crippen LogP contribution in [-0.2, 0) is 6.54 Å². The average Bonchev–Trinajstić information content (AvgIpc) is 2.55. The van der Waals surface area contributed by atoms with Crippen molar-refractivity contribution in [3.05, 3.63) is 24.0 Å². The molecule has 0 saturated carbocycles. The van der Waals surface area contributed by atoms with Crippen molar-refractivity contribution in [3.63, 3.8) is 0 Å². The third kappa shape index (κ3) is 2.14. The molecule has 2 heteroatoms. The number of H-pyrrole nitrogens is 1. The molecule has 1 aromatic heterocycles. The summed E-state index contributed by atoms with van der Waals surface area (Å²) < 4.78 is 0. The zero-order valence-corrected chi connectivity index (χ0v) is 7.54. The van der Waals surface area contributed by atoms with E-state index in [1.807, 2.05) is 26.2 Å². The lowest BCUT2D eigenvalue weighted by atomic mass is 10.3. The summed E-state index contributed by atoms with van der Waals surface area (Å²) in [5.74, 6) is 2.69. The zero-order chi connectivity index (χ0) is 8.97. The van der Waals surface area contributed by atoms with Crippen LogP contribution in [0.25, 0.3) is 0 Å². The first-order valence-corrected chi connectivity index (χ1v) is 4.02. The van der Waals surface area contributed by atoms with Crippen molar-refractivity contribution in [1.29, 1.82) is 0 Å². The summed E-state index contributed by atoms with van der Waals surface area (Å²) in [5, 5.41) is 0. The van der Waals surface area contributed by atoms with Crippen LogP contribution in [0.5, 0.6) is 0 Å². The second-order valence-electron chi connectivity index (χ2n) is 2.95. The molecule has 0 saturated heterocycles. The van der Waals surface area contributed by atoms with Gasteiger partial charge in [-0.3, -0.25) is 4.90 Å². The number of terminal acetylenes is 1. The van der Waals surface area contributed by atoms with E-state index in [9.17, 15) is 0 Å². The van der Waals surface area contributed by atoms with Gasteiger partial charge in [-0.15, -0.1) is 6.42 Å². The molecule has 0 bridgehead atoms. The predicted octanol–water partition coefficient (Wildman–Crippen LogP) is 1.47. The minimum Gasteiger partial charge on any atom is -0.364 e. The van der Waals surface area contributed by atoms with E-state index in [4.69, 9.17) is 6.42 Å². The van der Waals surface area contributed by atoms with E-state index in [2.05, 4.69) is 21.9 Å². The molecule has 0 aliphatic rings. The standard InChI is InChI=1S/C10H14N2/c1-4-9(2)12(3)8-10-6-5-7-11-10/h1,5-7,9,11H,8H2,2-3H3. The lowest BCUT2D eigenvalue weighted by Gasteiger charge is -2.18. The van der Waals surface area contributed by atoms with Gasteiger partial charge >= 0.3 is 0 Å². The molecule has 2 nitrogen and oxygen atoms in total. The highest BCUT2D eigenvalue weighted by molar-refractivity contribution is 5.05. The van der Waals surface area contributed by atoms with E-state index in [0.29, 0.717) is 0 Å². The second kappa shape index (κ2) is 3.99. The van der Waals surface area contributed by atoms with Crippen molar-refractivity contribution < 1.29 is 0 Å². The Bertz CT molecular complexity index is 256. The van der Waals surface area contributed by atoms with Gasteiger partial charge in [-0.25, -0.2) is 0 Å². The first-order chi connectivity index (χ1) is 5.74. The first kappa shape index (κ1) is 8.89. The van der Waals surface area contributed by atoms with Gasteiger partial charge in [0.15, 0.2) is 0 Å². The maximum atomic E-state index is 5.30. The third-order valence-corrected chi connectivity index (χ3v) is 1.98. The Kier molecular flexibility index (Phi) is 2.95. The smallest absolute Gasteiger partial charge is 0.0684 e. The van der Waals surface area contributed by atoms with Gasteiger partial charge in [-0.1, -0.05) is 5.92 Å². The van der Waals surface area contributed by atoms with Gasteiger partial charge in [0, 0.05) is 18.4 Å². The predicted molar refractivity (Wildman–Crippen MR) is 50.6 cm³/mol. The summed E-state index contributed by atoms with van der Waals surface area (Å²) >= 11 is 0. The normalized spacial score (nSPS) is 12.8. The van der Waals surface area contributed by atoms with Crippen LogP contribution in [0.3, 0.4) is 0 Å². The van der Waals surface area contributed by atoms with Crippen LogP contribution < -0.4 is 0 Å². The van der Waals surface area contributed by atoms with E-state index >= 15 is 0 Å². The van der Waals surface area contributed by atoms with Crippen LogP contribution in [0.2, 0.25) is 0 Å². The van der Waals surface area contributed by atoms with Crippen LogP contribution in [0.4, 0.5) is 0 Å². The maximum absolute atomic E-state index is 5.30. The summed E-state index contributed by atoms with van der Waals surface area (Å²) in [5.41, 5.74) is 1.19. The molecule has 0 fully saturated rings. The largest absolute Gasteiger partial charge is 0.364 e. The Morgan fingerprint density at radius 3 is 3.00 bits per heavy atom. The Morgan fingerprint density at radius 1 is 1.75 bits per heavy atom. The topological polar surface area (TPSA) is 19.0 Å². The highest BCUT2D eigenvalue weighted by atomic mass is 15.1. The van der Waals surface area contributed by atoms with Crippen molar-refractivity contribution in [2.24, 2.45) is 0 Å². The van der Waals surface area contributed by atoms with Crippen molar-refractivity contribution in [2.75, 3.05) is 7.05 Å². The van der Waals surface area contributed by atoms with Gasteiger partial charge in [-0.05, 0) is 26.1 Å². The molecule has 0 aromatic carbocycles. The van der Waals surface area contributed by atoms with E-state index in [0.717, 1.165) is 6.54 Å². The molecule has 1 heterocycles. The molecule has 1 atom stereocenters. The average molecular weight is 162 g/mol. The molecule has 12 heavy (non-hydrogen) atoms. The monoisotopic (exact) mass is 162 g/mol. The SMILES string of the molecule is C#CC(C)N(C)Cc1ccc[nH]1. The number of hydrogen-bond acceptors (Lipinski definition) is 1. The van der Waals surface area contributed by atoms with Crippen LogP contribution >= 0.6 is 0 Å². The Balaban J connectivity index is 2.48. The zero-order valence-electron chi connectivity index (χ0n) is 7.54. The summed E-state index contributed by atoms with van der Waals surface area (Å²) in [6.07, 6.45) is 7.22. The van der Waals surface area contributed by atoms with E-state index in [1.165, 1.54) is 5.69 Å².